The molecule has 0 aliphatic heterocycles. The number of ether oxygens (including phenoxy) is 2. The second-order valence-corrected chi connectivity index (χ2v) is 8.76. The van der Waals surface area contributed by atoms with Crippen molar-refractivity contribution in [2.75, 3.05) is 13.7 Å². The minimum Gasteiger partial charge on any atom is -0.480 e. The number of fused-ring (bicyclic) bond motifs is 3. The third-order valence-corrected chi connectivity index (χ3v) is 5.93. The molecule has 0 heterocycles. The SMILES string of the molecule is COC(C)(C)CC(NC(=O)[C@@H](C)NC(=O)OCC1c2ccccc2-c2ccccc21)C(=O)O. The summed E-state index contributed by atoms with van der Waals surface area (Å²) >= 11 is 0. The van der Waals surface area contributed by atoms with Crippen LogP contribution in [0.3, 0.4) is 0 Å². The lowest BCUT2D eigenvalue weighted by Gasteiger charge is -2.27. The molecule has 0 fully saturated rings. The molecular formula is C25H30N2O6. The Labute approximate surface area is 193 Å². The predicted octanol–water partition coefficient (Wildman–Crippen LogP) is 3.30. The Hall–Kier alpha value is -3.39. The monoisotopic (exact) mass is 454 g/mol. The van der Waals surface area contributed by atoms with Crippen molar-refractivity contribution in [3.8, 4) is 11.1 Å². The second kappa shape index (κ2) is 10.0. The molecule has 0 saturated heterocycles. The molecule has 8 heteroatoms. The summed E-state index contributed by atoms with van der Waals surface area (Å²) in [6.45, 7) is 5.05. The predicted molar refractivity (Wildman–Crippen MR) is 123 cm³/mol. The number of amides is 2. The Morgan fingerprint density at radius 1 is 1.00 bits per heavy atom. The molecule has 3 N–H and O–H groups in total. The summed E-state index contributed by atoms with van der Waals surface area (Å²) in [4.78, 5) is 36.4. The third-order valence-electron chi connectivity index (χ3n) is 5.93. The van der Waals surface area contributed by atoms with Crippen LogP contribution in [0.1, 0.15) is 44.2 Å². The van der Waals surface area contributed by atoms with Gasteiger partial charge < -0.3 is 25.2 Å². The molecule has 0 saturated carbocycles. The van der Waals surface area contributed by atoms with Gasteiger partial charge in [-0.1, -0.05) is 48.5 Å². The maximum absolute atomic E-state index is 12.5. The number of carbonyl (C=O) groups is 3. The van der Waals surface area contributed by atoms with E-state index >= 15 is 0 Å². The van der Waals surface area contributed by atoms with E-state index < -0.39 is 35.7 Å². The van der Waals surface area contributed by atoms with Gasteiger partial charge in [-0.3, -0.25) is 4.79 Å². The number of benzene rings is 2. The van der Waals surface area contributed by atoms with E-state index in [2.05, 4.69) is 10.6 Å². The fourth-order valence-corrected chi connectivity index (χ4v) is 3.95. The first-order valence-corrected chi connectivity index (χ1v) is 10.8. The average molecular weight is 455 g/mol. The highest BCUT2D eigenvalue weighted by atomic mass is 16.5. The summed E-state index contributed by atoms with van der Waals surface area (Å²) in [7, 11) is 1.47. The Morgan fingerprint density at radius 3 is 2.06 bits per heavy atom. The fraction of sp³-hybridized carbons (Fsp3) is 0.400. The molecule has 8 nitrogen and oxygen atoms in total. The lowest BCUT2D eigenvalue weighted by Crippen LogP contribution is -2.52. The quantitative estimate of drug-likeness (QED) is 0.536. The number of alkyl carbamates (subject to hydrolysis) is 1. The van der Waals surface area contributed by atoms with E-state index in [0.717, 1.165) is 22.3 Å². The summed E-state index contributed by atoms with van der Waals surface area (Å²) in [5.41, 5.74) is 3.67. The second-order valence-electron chi connectivity index (χ2n) is 8.76. The minimum atomic E-state index is -1.18. The van der Waals surface area contributed by atoms with Crippen molar-refractivity contribution >= 4 is 18.0 Å². The zero-order valence-electron chi connectivity index (χ0n) is 19.3. The maximum atomic E-state index is 12.5. The van der Waals surface area contributed by atoms with Crippen LogP contribution in [0.15, 0.2) is 48.5 Å². The first-order valence-electron chi connectivity index (χ1n) is 10.8. The number of hydrogen-bond donors (Lipinski definition) is 3. The number of carboxylic acid groups (broad SMARTS) is 1. The maximum Gasteiger partial charge on any atom is 0.407 e. The first kappa shape index (κ1) is 24.3. The van der Waals surface area contributed by atoms with Gasteiger partial charge in [0.05, 0.1) is 5.60 Å². The summed E-state index contributed by atoms with van der Waals surface area (Å²) in [5.74, 6) is -1.90. The summed E-state index contributed by atoms with van der Waals surface area (Å²) in [6.07, 6.45) is -0.675. The number of aliphatic carboxylic acids is 1. The highest BCUT2D eigenvalue weighted by Crippen LogP contribution is 2.44. The van der Waals surface area contributed by atoms with E-state index in [0.29, 0.717) is 0 Å². The third kappa shape index (κ3) is 5.70. The number of carbonyl (C=O) groups excluding carboxylic acids is 2. The topological polar surface area (TPSA) is 114 Å². The molecule has 0 spiro atoms. The molecule has 1 aliphatic rings. The zero-order chi connectivity index (χ0) is 24.2. The lowest BCUT2D eigenvalue weighted by atomic mass is 9.98. The molecule has 33 heavy (non-hydrogen) atoms. The highest BCUT2D eigenvalue weighted by Gasteiger charge is 2.32. The number of carboxylic acids is 1. The molecule has 0 radical (unpaired) electrons. The van der Waals surface area contributed by atoms with Crippen LogP contribution in [0, 0.1) is 0 Å². The number of rotatable bonds is 9. The molecule has 2 amide bonds. The van der Waals surface area contributed by atoms with Crippen LogP contribution in [0.2, 0.25) is 0 Å². The summed E-state index contributed by atoms with van der Waals surface area (Å²) in [5, 5.41) is 14.3. The number of hydrogen-bond acceptors (Lipinski definition) is 5. The summed E-state index contributed by atoms with van der Waals surface area (Å²) < 4.78 is 10.7. The van der Waals surface area contributed by atoms with Crippen LogP contribution < -0.4 is 10.6 Å². The molecule has 2 atom stereocenters. The van der Waals surface area contributed by atoms with Gasteiger partial charge in [-0.25, -0.2) is 9.59 Å². The Morgan fingerprint density at radius 2 is 1.55 bits per heavy atom. The Balaban J connectivity index is 1.57. The van der Waals surface area contributed by atoms with Crippen LogP contribution in [0.25, 0.3) is 11.1 Å². The van der Waals surface area contributed by atoms with Crippen LogP contribution in [-0.4, -0.2) is 54.5 Å². The molecule has 2 aromatic carbocycles. The molecule has 0 aromatic heterocycles. The highest BCUT2D eigenvalue weighted by molar-refractivity contribution is 5.89. The molecule has 3 rings (SSSR count). The van der Waals surface area contributed by atoms with Gasteiger partial charge in [0.2, 0.25) is 5.91 Å². The van der Waals surface area contributed by atoms with Gasteiger partial charge in [0.1, 0.15) is 18.7 Å². The van der Waals surface area contributed by atoms with E-state index in [1.54, 1.807) is 13.8 Å². The average Bonchev–Trinajstić information content (AvgIpc) is 3.10. The van der Waals surface area contributed by atoms with Crippen molar-refractivity contribution in [2.24, 2.45) is 0 Å². The van der Waals surface area contributed by atoms with Crippen molar-refractivity contribution in [3.63, 3.8) is 0 Å². The molecule has 176 valence electrons. The van der Waals surface area contributed by atoms with Gasteiger partial charge >= 0.3 is 12.1 Å². The van der Waals surface area contributed by atoms with Gasteiger partial charge in [0, 0.05) is 19.4 Å². The van der Waals surface area contributed by atoms with Crippen LogP contribution in [0.5, 0.6) is 0 Å². The first-order chi connectivity index (χ1) is 15.6. The van der Waals surface area contributed by atoms with E-state index in [1.807, 2.05) is 48.5 Å². The largest absolute Gasteiger partial charge is 0.480 e. The van der Waals surface area contributed by atoms with Gasteiger partial charge in [-0.2, -0.15) is 0 Å². The van der Waals surface area contributed by atoms with E-state index in [4.69, 9.17) is 9.47 Å². The molecule has 2 aromatic rings. The van der Waals surface area contributed by atoms with Crippen molar-refractivity contribution in [1.82, 2.24) is 10.6 Å². The molecule has 0 bridgehead atoms. The van der Waals surface area contributed by atoms with E-state index in [-0.39, 0.29) is 18.9 Å². The van der Waals surface area contributed by atoms with Crippen LogP contribution >= 0.6 is 0 Å². The van der Waals surface area contributed by atoms with Crippen LogP contribution in [0.4, 0.5) is 4.79 Å². The lowest BCUT2D eigenvalue weighted by molar-refractivity contribution is -0.144. The molecule has 1 unspecified atom stereocenters. The summed E-state index contributed by atoms with van der Waals surface area (Å²) in [6, 6.07) is 13.9. The number of methoxy groups -OCH3 is 1. The zero-order valence-corrected chi connectivity index (χ0v) is 19.3. The van der Waals surface area contributed by atoms with Crippen molar-refractivity contribution in [1.29, 1.82) is 0 Å². The van der Waals surface area contributed by atoms with Crippen molar-refractivity contribution in [2.45, 2.75) is 50.8 Å². The van der Waals surface area contributed by atoms with Crippen molar-refractivity contribution in [3.05, 3.63) is 59.7 Å². The normalized spacial score (nSPS) is 14.5. The fourth-order valence-electron chi connectivity index (χ4n) is 3.95. The van der Waals surface area contributed by atoms with Crippen LogP contribution in [-0.2, 0) is 19.1 Å². The van der Waals surface area contributed by atoms with Crippen molar-refractivity contribution < 1.29 is 29.0 Å². The van der Waals surface area contributed by atoms with E-state index in [9.17, 15) is 19.5 Å². The van der Waals surface area contributed by atoms with Gasteiger partial charge in [-0.05, 0) is 43.0 Å². The smallest absolute Gasteiger partial charge is 0.407 e. The van der Waals surface area contributed by atoms with Gasteiger partial charge in [0.15, 0.2) is 0 Å². The molecule has 1 aliphatic carbocycles. The van der Waals surface area contributed by atoms with E-state index in [1.165, 1.54) is 14.0 Å². The Kier molecular flexibility index (Phi) is 7.38. The van der Waals surface area contributed by atoms with Gasteiger partial charge in [-0.15, -0.1) is 0 Å². The number of nitrogens with one attached hydrogen (secondary N) is 2. The van der Waals surface area contributed by atoms with Gasteiger partial charge in [0.25, 0.3) is 0 Å². The minimum absolute atomic E-state index is 0.0717. The Bertz CT molecular complexity index is 990. The standard InChI is InChI=1S/C25H30N2O6/c1-15(22(28)27-21(23(29)30)13-25(2,3)32-4)26-24(31)33-14-20-18-11-7-5-9-16(18)17-10-6-8-12-19(17)20/h5-12,15,20-21H,13-14H2,1-4H3,(H,26,31)(H,27,28)(H,29,30)/t15-,21?/m1/s1. The molecular weight excluding hydrogens is 424 g/mol.